The molecular formula is C20H21Br3N2O5. The maximum atomic E-state index is 12.6. The van der Waals surface area contributed by atoms with Crippen LogP contribution in [0.5, 0.6) is 0 Å². The highest BCUT2D eigenvalue weighted by molar-refractivity contribution is 9.12. The second kappa shape index (κ2) is 9.48. The second-order valence-corrected chi connectivity index (χ2v) is 10.8. The number of ether oxygens (including phenoxy) is 1. The first kappa shape index (κ1) is 23.4. The second-order valence-electron chi connectivity index (χ2n) is 7.60. The maximum Gasteiger partial charge on any atom is 0.326 e. The molecule has 7 nitrogen and oxygen atoms in total. The fourth-order valence-corrected chi connectivity index (χ4v) is 5.44. The first-order chi connectivity index (χ1) is 14.1. The molecule has 30 heavy (non-hydrogen) atoms. The van der Waals surface area contributed by atoms with Gasteiger partial charge in [0.25, 0.3) is 5.91 Å². The third kappa shape index (κ3) is 4.96. The number of fused-ring (bicyclic) bond motifs is 1. The highest BCUT2D eigenvalue weighted by atomic mass is 79.9. The minimum absolute atomic E-state index is 0.0943. The molecule has 4 atom stereocenters. The van der Waals surface area contributed by atoms with Crippen LogP contribution in [0.25, 0.3) is 0 Å². The number of nitrogens with one attached hydrogen (secondary N) is 1. The van der Waals surface area contributed by atoms with Gasteiger partial charge in [0.1, 0.15) is 6.54 Å². The van der Waals surface area contributed by atoms with Crippen LogP contribution in [0.4, 0.5) is 5.69 Å². The molecule has 1 saturated heterocycles. The highest BCUT2D eigenvalue weighted by Crippen LogP contribution is 2.43. The van der Waals surface area contributed by atoms with E-state index in [0.717, 1.165) is 20.5 Å². The summed E-state index contributed by atoms with van der Waals surface area (Å²) in [5, 5.41) is 2.70. The normalized spacial score (nSPS) is 25.8. The van der Waals surface area contributed by atoms with Gasteiger partial charge in [0.05, 0.1) is 11.8 Å². The van der Waals surface area contributed by atoms with E-state index in [1.165, 1.54) is 0 Å². The summed E-state index contributed by atoms with van der Waals surface area (Å²) in [7, 11) is 0. The van der Waals surface area contributed by atoms with Gasteiger partial charge < -0.3 is 10.1 Å². The third-order valence-electron chi connectivity index (χ3n) is 5.43. The van der Waals surface area contributed by atoms with Gasteiger partial charge in [0.2, 0.25) is 11.8 Å². The molecule has 2 aliphatic rings. The van der Waals surface area contributed by atoms with Crippen molar-refractivity contribution in [1.29, 1.82) is 0 Å². The molecule has 1 aliphatic heterocycles. The van der Waals surface area contributed by atoms with Crippen LogP contribution in [-0.2, 0) is 23.9 Å². The van der Waals surface area contributed by atoms with Crippen LogP contribution < -0.4 is 5.32 Å². The lowest BCUT2D eigenvalue weighted by molar-refractivity contribution is -0.154. The highest BCUT2D eigenvalue weighted by Gasteiger charge is 2.52. The summed E-state index contributed by atoms with van der Waals surface area (Å²) >= 11 is 10.5. The Labute approximate surface area is 199 Å². The lowest BCUT2D eigenvalue weighted by atomic mass is 9.81. The molecule has 0 radical (unpaired) electrons. The van der Waals surface area contributed by atoms with E-state index < -0.39 is 36.9 Å². The number of aryl methyl sites for hydroxylation is 2. The van der Waals surface area contributed by atoms with E-state index in [-0.39, 0.29) is 21.5 Å². The number of alkyl halides is 2. The number of likely N-dealkylation sites (tertiary alicyclic amines) is 1. The van der Waals surface area contributed by atoms with Crippen LogP contribution in [0.15, 0.2) is 16.6 Å². The molecule has 1 aliphatic carbocycles. The minimum Gasteiger partial charge on any atom is -0.454 e. The molecule has 3 rings (SSSR count). The van der Waals surface area contributed by atoms with Gasteiger partial charge in [0, 0.05) is 19.8 Å². The van der Waals surface area contributed by atoms with E-state index in [0.29, 0.717) is 18.5 Å². The molecule has 1 saturated carbocycles. The van der Waals surface area contributed by atoms with Crippen molar-refractivity contribution in [3.8, 4) is 0 Å². The third-order valence-corrected chi connectivity index (χ3v) is 9.02. The zero-order chi connectivity index (χ0) is 22.2. The average molecular weight is 609 g/mol. The van der Waals surface area contributed by atoms with Gasteiger partial charge in [-0.1, -0.05) is 47.8 Å². The Kier molecular flexibility index (Phi) is 7.40. The van der Waals surface area contributed by atoms with Gasteiger partial charge in [-0.15, -0.1) is 0 Å². The SMILES string of the molecule is Cc1cc(NC(=O)COC(=O)CN2C(=O)[C@@H]3C[C@H](Br)[C@@H](Br)C[C@H]3C2=O)c(C)cc1Br. The molecule has 0 unspecified atom stereocenters. The maximum absolute atomic E-state index is 12.6. The zero-order valence-electron chi connectivity index (χ0n) is 16.4. The van der Waals surface area contributed by atoms with E-state index >= 15 is 0 Å². The smallest absolute Gasteiger partial charge is 0.326 e. The largest absolute Gasteiger partial charge is 0.454 e. The molecule has 0 spiro atoms. The number of esters is 1. The predicted octanol–water partition coefficient (Wildman–Crippen LogP) is 3.47. The Morgan fingerprint density at radius 1 is 1.07 bits per heavy atom. The van der Waals surface area contributed by atoms with Crippen molar-refractivity contribution in [3.05, 3.63) is 27.7 Å². The number of carbonyl (C=O) groups excluding carboxylic acids is 4. The first-order valence-corrected chi connectivity index (χ1v) is 12.1. The standard InChI is InChI=1S/C20H21Br3N2O5/c1-9-4-16(10(2)3-13(9)21)24-17(26)8-30-18(27)7-25-19(28)11-5-14(22)15(23)6-12(11)20(25)29/h3-4,11-12,14-15H,5-8H2,1-2H3,(H,24,26)/t11-,12-,14+,15+/m1/s1. The number of benzene rings is 1. The summed E-state index contributed by atoms with van der Waals surface area (Å²) < 4.78 is 5.93. The Balaban J connectivity index is 1.53. The molecule has 1 aromatic rings. The van der Waals surface area contributed by atoms with Crippen molar-refractivity contribution in [2.75, 3.05) is 18.5 Å². The molecule has 1 heterocycles. The number of hydrogen-bond donors (Lipinski definition) is 1. The van der Waals surface area contributed by atoms with Crippen LogP contribution in [0, 0.1) is 25.7 Å². The molecule has 1 aromatic carbocycles. The summed E-state index contributed by atoms with van der Waals surface area (Å²) in [5.41, 5.74) is 2.44. The molecule has 162 valence electrons. The summed E-state index contributed by atoms with van der Waals surface area (Å²) in [4.78, 5) is 50.7. The Morgan fingerprint density at radius 2 is 1.63 bits per heavy atom. The van der Waals surface area contributed by atoms with Gasteiger partial charge in [-0.2, -0.15) is 0 Å². The fraction of sp³-hybridized carbons (Fsp3) is 0.500. The number of halogens is 3. The predicted molar refractivity (Wildman–Crippen MR) is 122 cm³/mol. The van der Waals surface area contributed by atoms with E-state index in [2.05, 4.69) is 53.1 Å². The molecule has 0 bridgehead atoms. The van der Waals surface area contributed by atoms with Gasteiger partial charge in [-0.3, -0.25) is 24.1 Å². The van der Waals surface area contributed by atoms with E-state index in [4.69, 9.17) is 4.74 Å². The zero-order valence-corrected chi connectivity index (χ0v) is 21.2. The van der Waals surface area contributed by atoms with Gasteiger partial charge in [0.15, 0.2) is 6.61 Å². The van der Waals surface area contributed by atoms with Crippen LogP contribution >= 0.6 is 47.8 Å². The summed E-state index contributed by atoms with van der Waals surface area (Å²) in [6, 6.07) is 3.70. The van der Waals surface area contributed by atoms with E-state index in [9.17, 15) is 19.2 Å². The summed E-state index contributed by atoms with van der Waals surface area (Å²) in [5.74, 6) is -2.83. The average Bonchev–Trinajstić information content (AvgIpc) is 2.89. The Hall–Kier alpha value is -1.26. The quantitative estimate of drug-likeness (QED) is 0.314. The minimum atomic E-state index is -0.792. The van der Waals surface area contributed by atoms with E-state index in [1.807, 2.05) is 26.0 Å². The molecule has 10 heteroatoms. The number of imide groups is 1. The summed E-state index contributed by atoms with van der Waals surface area (Å²) in [6.07, 6.45) is 1.07. The topological polar surface area (TPSA) is 92.8 Å². The van der Waals surface area contributed by atoms with E-state index in [1.54, 1.807) is 0 Å². The van der Waals surface area contributed by atoms with Gasteiger partial charge in [-0.25, -0.2) is 0 Å². The molecule has 2 fully saturated rings. The van der Waals surface area contributed by atoms with Crippen molar-refractivity contribution in [2.45, 2.75) is 36.3 Å². The van der Waals surface area contributed by atoms with Gasteiger partial charge in [-0.05, 0) is 49.9 Å². The lowest BCUT2D eigenvalue weighted by Crippen LogP contribution is -2.37. The van der Waals surface area contributed by atoms with Crippen LogP contribution in [0.3, 0.4) is 0 Å². The Bertz CT molecular complexity index is 879. The molecular weight excluding hydrogens is 588 g/mol. The van der Waals surface area contributed by atoms with Crippen molar-refractivity contribution < 1.29 is 23.9 Å². The number of nitrogens with zero attached hydrogens (tertiary/aromatic N) is 1. The van der Waals surface area contributed by atoms with Crippen molar-refractivity contribution >= 4 is 77.2 Å². The van der Waals surface area contributed by atoms with Crippen molar-refractivity contribution in [2.24, 2.45) is 11.8 Å². The molecule has 3 amide bonds. The monoisotopic (exact) mass is 606 g/mol. The number of amides is 3. The molecule has 1 N–H and O–H groups in total. The van der Waals surface area contributed by atoms with Gasteiger partial charge >= 0.3 is 5.97 Å². The lowest BCUT2D eigenvalue weighted by Gasteiger charge is -2.29. The number of carbonyl (C=O) groups is 4. The van der Waals surface area contributed by atoms with Crippen molar-refractivity contribution in [3.63, 3.8) is 0 Å². The fourth-order valence-electron chi connectivity index (χ4n) is 3.74. The number of anilines is 1. The van der Waals surface area contributed by atoms with Crippen LogP contribution in [-0.4, -0.2) is 51.4 Å². The number of rotatable bonds is 5. The summed E-state index contributed by atoms with van der Waals surface area (Å²) in [6.45, 7) is 2.78. The number of hydrogen-bond acceptors (Lipinski definition) is 5. The van der Waals surface area contributed by atoms with Crippen LogP contribution in [0.2, 0.25) is 0 Å². The Morgan fingerprint density at radius 3 is 2.20 bits per heavy atom. The van der Waals surface area contributed by atoms with Crippen molar-refractivity contribution in [1.82, 2.24) is 4.90 Å². The first-order valence-electron chi connectivity index (χ1n) is 9.44. The molecule has 0 aromatic heterocycles. The van der Waals surface area contributed by atoms with Crippen LogP contribution in [0.1, 0.15) is 24.0 Å².